The van der Waals surface area contributed by atoms with Crippen LogP contribution in [0.4, 0.5) is 22.7 Å². The van der Waals surface area contributed by atoms with E-state index in [1.165, 1.54) is 36.4 Å². The first kappa shape index (κ1) is 24.7. The Labute approximate surface area is 210 Å². The Balaban J connectivity index is 1.37. The molecule has 0 saturated carbocycles. The molecule has 2 amide bonds. The summed E-state index contributed by atoms with van der Waals surface area (Å²) >= 11 is 0. The minimum atomic E-state index is -0.597. The zero-order chi connectivity index (χ0) is 26.4. The van der Waals surface area contributed by atoms with E-state index in [0.29, 0.717) is 17.8 Å². The van der Waals surface area contributed by atoms with E-state index in [0.717, 1.165) is 11.1 Å². The maximum Gasteiger partial charge on any atom is 0.282 e. The van der Waals surface area contributed by atoms with Crippen molar-refractivity contribution in [1.29, 1.82) is 0 Å². The molecule has 0 fully saturated rings. The number of benzene rings is 4. The van der Waals surface area contributed by atoms with Crippen molar-refractivity contribution in [1.82, 2.24) is 0 Å². The van der Waals surface area contributed by atoms with Crippen molar-refractivity contribution in [2.75, 3.05) is 10.6 Å². The first-order chi connectivity index (χ1) is 17.8. The van der Waals surface area contributed by atoms with Gasteiger partial charge in [-0.05, 0) is 53.9 Å². The molecule has 4 rings (SSSR count). The number of carbonyl (C=O) groups excluding carboxylic acids is 2. The van der Waals surface area contributed by atoms with E-state index in [9.17, 15) is 29.8 Å². The standard InChI is InChI=1S/C27H20N4O6/c32-26(22-5-1-3-7-24(22)30(34)35)28-20-13-9-18(10-14-20)17-19-11-15-21(16-12-19)29-27(33)23-6-2-4-8-25(23)31(36)37/h1-16H,17H2,(H,28,32)(H,29,33). The highest BCUT2D eigenvalue weighted by Crippen LogP contribution is 2.22. The largest absolute Gasteiger partial charge is 0.322 e. The molecule has 4 aromatic rings. The molecule has 0 atom stereocenters. The Morgan fingerprint density at radius 1 is 0.568 bits per heavy atom. The van der Waals surface area contributed by atoms with Crippen LogP contribution >= 0.6 is 0 Å². The highest BCUT2D eigenvalue weighted by Gasteiger charge is 2.20. The van der Waals surface area contributed by atoms with Gasteiger partial charge in [0.1, 0.15) is 11.1 Å². The van der Waals surface area contributed by atoms with E-state index in [1.807, 2.05) is 24.3 Å². The van der Waals surface area contributed by atoms with Crippen LogP contribution in [0.2, 0.25) is 0 Å². The van der Waals surface area contributed by atoms with Gasteiger partial charge in [-0.25, -0.2) is 0 Å². The molecule has 10 heteroatoms. The van der Waals surface area contributed by atoms with Crippen LogP contribution in [0.5, 0.6) is 0 Å². The van der Waals surface area contributed by atoms with Gasteiger partial charge in [0, 0.05) is 23.5 Å². The second kappa shape index (κ2) is 10.9. The summed E-state index contributed by atoms with van der Waals surface area (Å²) in [5.41, 5.74) is 2.34. The number of hydrogen-bond donors (Lipinski definition) is 2. The summed E-state index contributed by atoms with van der Waals surface area (Å²) in [7, 11) is 0. The maximum atomic E-state index is 12.5. The zero-order valence-corrected chi connectivity index (χ0v) is 19.3. The fourth-order valence-corrected chi connectivity index (χ4v) is 3.69. The molecule has 0 bridgehead atoms. The molecule has 184 valence electrons. The Bertz CT molecular complexity index is 1370. The molecular weight excluding hydrogens is 476 g/mol. The van der Waals surface area contributed by atoms with Gasteiger partial charge < -0.3 is 10.6 Å². The fraction of sp³-hybridized carbons (Fsp3) is 0.0370. The average Bonchev–Trinajstić information content (AvgIpc) is 2.90. The van der Waals surface area contributed by atoms with E-state index in [-0.39, 0.29) is 22.5 Å². The van der Waals surface area contributed by atoms with Crippen molar-refractivity contribution in [2.24, 2.45) is 0 Å². The third-order valence-electron chi connectivity index (χ3n) is 5.52. The van der Waals surface area contributed by atoms with Gasteiger partial charge in [-0.2, -0.15) is 0 Å². The number of anilines is 2. The van der Waals surface area contributed by atoms with Crippen molar-refractivity contribution < 1.29 is 19.4 Å². The maximum absolute atomic E-state index is 12.5. The third-order valence-corrected chi connectivity index (χ3v) is 5.52. The van der Waals surface area contributed by atoms with Gasteiger partial charge in [0.05, 0.1) is 9.85 Å². The summed E-state index contributed by atoms with van der Waals surface area (Å²) < 4.78 is 0. The molecule has 37 heavy (non-hydrogen) atoms. The topological polar surface area (TPSA) is 144 Å². The van der Waals surface area contributed by atoms with Crippen molar-refractivity contribution in [3.05, 3.63) is 140 Å². The second-order valence-electron chi connectivity index (χ2n) is 8.03. The predicted octanol–water partition coefficient (Wildman–Crippen LogP) is 5.60. The number of carbonyl (C=O) groups is 2. The van der Waals surface area contributed by atoms with Crippen LogP contribution < -0.4 is 10.6 Å². The Morgan fingerprint density at radius 3 is 1.27 bits per heavy atom. The van der Waals surface area contributed by atoms with Crippen molar-refractivity contribution in [3.63, 3.8) is 0 Å². The quantitative estimate of drug-likeness (QED) is 0.240. The van der Waals surface area contributed by atoms with E-state index in [1.54, 1.807) is 36.4 Å². The molecule has 0 radical (unpaired) electrons. The summed E-state index contributed by atoms with van der Waals surface area (Å²) in [4.78, 5) is 46.1. The normalized spacial score (nSPS) is 10.4. The monoisotopic (exact) mass is 496 g/mol. The highest BCUT2D eigenvalue weighted by molar-refractivity contribution is 6.07. The van der Waals surface area contributed by atoms with Gasteiger partial charge in [-0.1, -0.05) is 48.5 Å². The molecule has 0 aliphatic carbocycles. The Morgan fingerprint density at radius 2 is 0.919 bits per heavy atom. The van der Waals surface area contributed by atoms with Gasteiger partial charge >= 0.3 is 0 Å². The molecule has 0 unspecified atom stereocenters. The van der Waals surface area contributed by atoms with Crippen LogP contribution in [0.25, 0.3) is 0 Å². The lowest BCUT2D eigenvalue weighted by Crippen LogP contribution is -2.14. The minimum absolute atomic E-state index is 0.0226. The lowest BCUT2D eigenvalue weighted by Gasteiger charge is -2.09. The molecule has 0 aromatic heterocycles. The van der Waals surface area contributed by atoms with Crippen molar-refractivity contribution >= 4 is 34.6 Å². The first-order valence-corrected chi connectivity index (χ1v) is 11.1. The van der Waals surface area contributed by atoms with Crippen molar-refractivity contribution in [2.45, 2.75) is 6.42 Å². The van der Waals surface area contributed by atoms with Gasteiger partial charge in [0.15, 0.2) is 0 Å². The van der Waals surface area contributed by atoms with E-state index < -0.39 is 21.7 Å². The third kappa shape index (κ3) is 6.01. The van der Waals surface area contributed by atoms with E-state index >= 15 is 0 Å². The SMILES string of the molecule is O=C(Nc1ccc(Cc2ccc(NC(=O)c3ccccc3[N+](=O)[O-])cc2)cc1)c1ccccc1[N+](=O)[O-]. The molecular formula is C27H20N4O6. The number of para-hydroxylation sites is 2. The number of nitro groups is 2. The number of nitro benzene ring substituents is 2. The smallest absolute Gasteiger partial charge is 0.282 e. The summed E-state index contributed by atoms with van der Waals surface area (Å²) in [5, 5.41) is 27.6. The zero-order valence-electron chi connectivity index (χ0n) is 19.3. The summed E-state index contributed by atoms with van der Waals surface area (Å²) in [6, 6.07) is 25.7. The van der Waals surface area contributed by atoms with Crippen LogP contribution in [-0.4, -0.2) is 21.7 Å². The van der Waals surface area contributed by atoms with Gasteiger partial charge in [-0.15, -0.1) is 0 Å². The van der Waals surface area contributed by atoms with E-state index in [4.69, 9.17) is 0 Å². The van der Waals surface area contributed by atoms with Gasteiger partial charge in [0.2, 0.25) is 0 Å². The number of nitrogens with zero attached hydrogens (tertiary/aromatic N) is 2. The second-order valence-corrected chi connectivity index (χ2v) is 8.03. The molecule has 0 aliphatic rings. The first-order valence-electron chi connectivity index (χ1n) is 11.1. The van der Waals surface area contributed by atoms with Crippen LogP contribution in [0, 0.1) is 20.2 Å². The number of hydrogen-bond acceptors (Lipinski definition) is 6. The fourth-order valence-electron chi connectivity index (χ4n) is 3.69. The lowest BCUT2D eigenvalue weighted by atomic mass is 10.0. The summed E-state index contributed by atoms with van der Waals surface area (Å²) in [6.07, 6.45) is 0.580. The number of rotatable bonds is 8. The summed E-state index contributed by atoms with van der Waals surface area (Å²) in [6.45, 7) is 0. The predicted molar refractivity (Wildman–Crippen MR) is 138 cm³/mol. The molecule has 4 aromatic carbocycles. The average molecular weight is 496 g/mol. The molecule has 0 spiro atoms. The molecule has 0 heterocycles. The Hall–Kier alpha value is -5.38. The lowest BCUT2D eigenvalue weighted by molar-refractivity contribution is -0.385. The van der Waals surface area contributed by atoms with Crippen LogP contribution in [0.3, 0.4) is 0 Å². The number of nitrogens with one attached hydrogen (secondary N) is 2. The number of amides is 2. The molecule has 10 nitrogen and oxygen atoms in total. The minimum Gasteiger partial charge on any atom is -0.322 e. The van der Waals surface area contributed by atoms with Crippen LogP contribution in [-0.2, 0) is 6.42 Å². The Kier molecular flexibility index (Phi) is 7.29. The molecule has 0 aliphatic heterocycles. The summed E-state index contributed by atoms with van der Waals surface area (Å²) in [5.74, 6) is -1.14. The van der Waals surface area contributed by atoms with Crippen LogP contribution in [0.15, 0.2) is 97.1 Å². The van der Waals surface area contributed by atoms with Gasteiger partial charge in [-0.3, -0.25) is 29.8 Å². The van der Waals surface area contributed by atoms with Gasteiger partial charge in [0.25, 0.3) is 23.2 Å². The highest BCUT2D eigenvalue weighted by atomic mass is 16.6. The van der Waals surface area contributed by atoms with E-state index in [2.05, 4.69) is 10.6 Å². The molecule has 0 saturated heterocycles. The van der Waals surface area contributed by atoms with Crippen molar-refractivity contribution in [3.8, 4) is 0 Å². The van der Waals surface area contributed by atoms with Crippen LogP contribution in [0.1, 0.15) is 31.8 Å². The molecule has 2 N–H and O–H groups in total.